The maximum Gasteiger partial charge on any atom is 0.225 e. The lowest BCUT2D eigenvalue weighted by Gasteiger charge is -2.25. The Morgan fingerprint density at radius 1 is 1.36 bits per heavy atom. The molecule has 0 aromatic heterocycles. The maximum atomic E-state index is 12.4. The van der Waals surface area contributed by atoms with Crippen molar-refractivity contribution in [2.45, 2.75) is 44.6 Å². The van der Waals surface area contributed by atoms with Crippen LogP contribution in [0.15, 0.2) is 24.3 Å². The average molecular weight is 303 g/mol. The van der Waals surface area contributed by atoms with Gasteiger partial charge in [-0.1, -0.05) is 31.0 Å². The molecule has 4 heteroatoms. The number of para-hydroxylation sites is 1. The van der Waals surface area contributed by atoms with Gasteiger partial charge in [-0.2, -0.15) is 0 Å². The van der Waals surface area contributed by atoms with Gasteiger partial charge in [0.25, 0.3) is 0 Å². The highest BCUT2D eigenvalue weighted by atomic mass is 16.5. The second kappa shape index (κ2) is 6.29. The highest BCUT2D eigenvalue weighted by Gasteiger charge is 2.41. The zero-order valence-corrected chi connectivity index (χ0v) is 13.3. The fraction of sp³-hybridized carbons (Fsp3) is 0.611. The van der Waals surface area contributed by atoms with Crippen LogP contribution in [0.3, 0.4) is 0 Å². The molecule has 1 N–H and O–H groups in total. The summed E-state index contributed by atoms with van der Waals surface area (Å²) in [4.78, 5) is 14.3. The molecule has 1 saturated carbocycles. The minimum Gasteiger partial charge on any atom is -0.490 e. The molecule has 1 amide bonds. The highest BCUT2D eigenvalue weighted by Crippen LogP contribution is 2.30. The Balaban J connectivity index is 1.56. The molecule has 1 aromatic rings. The lowest BCUT2D eigenvalue weighted by molar-refractivity contribution is -0.135. The van der Waals surface area contributed by atoms with Crippen LogP contribution in [-0.4, -0.2) is 41.2 Å². The number of nitrogens with zero attached hydrogens (tertiary/aromatic N) is 1. The molecule has 120 valence electrons. The summed E-state index contributed by atoms with van der Waals surface area (Å²) < 4.78 is 5.79. The summed E-state index contributed by atoms with van der Waals surface area (Å²) in [5.74, 6) is 1.21. The van der Waals surface area contributed by atoms with E-state index in [1.54, 1.807) is 0 Å². The first-order chi connectivity index (χ1) is 10.6. The van der Waals surface area contributed by atoms with Crippen LogP contribution in [0.4, 0.5) is 0 Å². The fourth-order valence-electron chi connectivity index (χ4n) is 3.52. The second-order valence-corrected chi connectivity index (χ2v) is 6.77. The van der Waals surface area contributed by atoms with E-state index in [1.165, 1.54) is 0 Å². The smallest absolute Gasteiger partial charge is 0.225 e. The van der Waals surface area contributed by atoms with E-state index >= 15 is 0 Å². The molecule has 0 radical (unpaired) electrons. The van der Waals surface area contributed by atoms with Crippen LogP contribution >= 0.6 is 0 Å². The van der Waals surface area contributed by atoms with E-state index in [2.05, 4.69) is 0 Å². The van der Waals surface area contributed by atoms with Crippen molar-refractivity contribution in [3.8, 4) is 5.75 Å². The average Bonchev–Trinajstić information content (AvgIpc) is 3.16. The van der Waals surface area contributed by atoms with Gasteiger partial charge in [0.05, 0.1) is 6.54 Å². The number of β-amino-alcohol motifs (C(OH)–C–C–N with tert-alkyl or cyclic N) is 1. The third-order valence-corrected chi connectivity index (χ3v) is 4.94. The van der Waals surface area contributed by atoms with Gasteiger partial charge in [0.2, 0.25) is 5.91 Å². The minimum absolute atomic E-state index is 0.180. The Kier molecular flexibility index (Phi) is 4.39. The summed E-state index contributed by atoms with van der Waals surface area (Å²) in [7, 11) is 0. The molecule has 0 spiro atoms. The van der Waals surface area contributed by atoms with E-state index in [9.17, 15) is 9.90 Å². The molecular weight excluding hydrogens is 278 g/mol. The van der Waals surface area contributed by atoms with Crippen molar-refractivity contribution in [2.75, 3.05) is 19.7 Å². The van der Waals surface area contributed by atoms with E-state index in [-0.39, 0.29) is 18.4 Å². The molecule has 1 atom stereocenters. The topological polar surface area (TPSA) is 49.8 Å². The number of hydrogen-bond acceptors (Lipinski definition) is 3. The summed E-state index contributed by atoms with van der Waals surface area (Å²) in [6.07, 6.45) is 4.92. The zero-order chi connectivity index (χ0) is 15.6. The molecule has 0 bridgehead atoms. The van der Waals surface area contributed by atoms with Crippen LogP contribution in [0, 0.1) is 12.8 Å². The van der Waals surface area contributed by atoms with E-state index < -0.39 is 5.60 Å². The molecule has 3 rings (SSSR count). The molecule has 0 unspecified atom stereocenters. The number of rotatable bonds is 4. The lowest BCUT2D eigenvalue weighted by Crippen LogP contribution is -2.42. The third-order valence-electron chi connectivity index (χ3n) is 4.94. The number of amides is 1. The van der Waals surface area contributed by atoms with Crippen LogP contribution in [0.2, 0.25) is 0 Å². The summed E-state index contributed by atoms with van der Waals surface area (Å²) in [6.45, 7) is 3.27. The molecule has 1 aliphatic carbocycles. The monoisotopic (exact) mass is 303 g/mol. The number of aryl methyl sites for hydroxylation is 1. The van der Waals surface area contributed by atoms with Gasteiger partial charge in [-0.25, -0.2) is 0 Å². The molecular formula is C18H25NO3. The summed E-state index contributed by atoms with van der Waals surface area (Å²) in [6, 6.07) is 7.80. The first-order valence-corrected chi connectivity index (χ1v) is 8.27. The molecule has 1 aromatic carbocycles. The van der Waals surface area contributed by atoms with E-state index in [0.29, 0.717) is 19.5 Å². The summed E-state index contributed by atoms with van der Waals surface area (Å²) in [5, 5.41) is 10.7. The Morgan fingerprint density at radius 3 is 2.82 bits per heavy atom. The molecule has 22 heavy (non-hydrogen) atoms. The van der Waals surface area contributed by atoms with Gasteiger partial charge in [0, 0.05) is 12.5 Å². The van der Waals surface area contributed by atoms with Crippen molar-refractivity contribution in [1.29, 1.82) is 0 Å². The van der Waals surface area contributed by atoms with Gasteiger partial charge in [0.15, 0.2) is 0 Å². The molecule has 4 nitrogen and oxygen atoms in total. The molecule has 1 aliphatic heterocycles. The SMILES string of the molecule is Cc1ccccc1OC[C@]1(O)CCN(C(=O)C2CCCC2)C1. The molecule has 2 aliphatic rings. The van der Waals surface area contributed by atoms with Gasteiger partial charge in [-0.05, 0) is 37.8 Å². The third kappa shape index (κ3) is 3.27. The number of carbonyl (C=O) groups is 1. The van der Waals surface area contributed by atoms with Gasteiger partial charge in [0.1, 0.15) is 18.0 Å². The van der Waals surface area contributed by atoms with Gasteiger partial charge < -0.3 is 14.7 Å². The normalized spacial score (nSPS) is 25.6. The highest BCUT2D eigenvalue weighted by molar-refractivity contribution is 5.79. The number of carbonyl (C=O) groups excluding carboxylic acids is 1. The van der Waals surface area contributed by atoms with Crippen LogP contribution in [0.1, 0.15) is 37.7 Å². The van der Waals surface area contributed by atoms with Crippen molar-refractivity contribution in [2.24, 2.45) is 5.92 Å². The number of aliphatic hydroxyl groups is 1. The van der Waals surface area contributed by atoms with Crippen molar-refractivity contribution >= 4 is 5.91 Å². The largest absolute Gasteiger partial charge is 0.490 e. The molecule has 1 heterocycles. The van der Waals surface area contributed by atoms with Gasteiger partial charge in [-0.15, -0.1) is 0 Å². The zero-order valence-electron chi connectivity index (χ0n) is 13.3. The van der Waals surface area contributed by atoms with Crippen LogP contribution in [0.25, 0.3) is 0 Å². The number of benzene rings is 1. The van der Waals surface area contributed by atoms with E-state index in [0.717, 1.165) is 37.0 Å². The van der Waals surface area contributed by atoms with Crippen LogP contribution in [0.5, 0.6) is 5.75 Å². The lowest BCUT2D eigenvalue weighted by atomic mass is 10.0. The predicted molar refractivity (Wildman–Crippen MR) is 84.8 cm³/mol. The Bertz CT molecular complexity index is 539. The predicted octanol–water partition coefficient (Wildman–Crippen LogP) is 2.53. The van der Waals surface area contributed by atoms with Crippen LogP contribution < -0.4 is 4.74 Å². The van der Waals surface area contributed by atoms with E-state index in [1.807, 2.05) is 36.1 Å². The Morgan fingerprint density at radius 2 is 2.09 bits per heavy atom. The Hall–Kier alpha value is -1.55. The first kappa shape index (κ1) is 15.3. The first-order valence-electron chi connectivity index (χ1n) is 8.27. The van der Waals surface area contributed by atoms with Crippen molar-refractivity contribution in [3.05, 3.63) is 29.8 Å². The number of likely N-dealkylation sites (tertiary alicyclic amines) is 1. The fourth-order valence-corrected chi connectivity index (χ4v) is 3.52. The maximum absolute atomic E-state index is 12.4. The minimum atomic E-state index is -0.920. The van der Waals surface area contributed by atoms with Gasteiger partial charge in [-0.3, -0.25) is 4.79 Å². The number of hydrogen-bond donors (Lipinski definition) is 1. The van der Waals surface area contributed by atoms with Crippen molar-refractivity contribution in [3.63, 3.8) is 0 Å². The van der Waals surface area contributed by atoms with Crippen molar-refractivity contribution in [1.82, 2.24) is 4.90 Å². The van der Waals surface area contributed by atoms with Crippen LogP contribution in [-0.2, 0) is 4.79 Å². The van der Waals surface area contributed by atoms with Gasteiger partial charge >= 0.3 is 0 Å². The van der Waals surface area contributed by atoms with E-state index in [4.69, 9.17) is 4.74 Å². The quantitative estimate of drug-likeness (QED) is 0.930. The second-order valence-electron chi connectivity index (χ2n) is 6.77. The standard InChI is InChI=1S/C18H25NO3/c1-14-6-2-5-9-16(14)22-13-18(21)10-11-19(12-18)17(20)15-7-3-4-8-15/h2,5-6,9,15,21H,3-4,7-8,10-13H2,1H3/t18-/m0/s1. The molecule has 2 fully saturated rings. The summed E-state index contributed by atoms with van der Waals surface area (Å²) in [5.41, 5.74) is 0.138. The van der Waals surface area contributed by atoms with Crippen molar-refractivity contribution < 1.29 is 14.6 Å². The molecule has 1 saturated heterocycles. The Labute approximate surface area is 132 Å². The number of ether oxygens (including phenoxy) is 1. The summed E-state index contributed by atoms with van der Waals surface area (Å²) >= 11 is 0.